The Bertz CT molecular complexity index is 1330. The first-order valence-electron chi connectivity index (χ1n) is 11.0. The highest BCUT2D eigenvalue weighted by Crippen LogP contribution is 2.25. The number of likely N-dealkylation sites (tertiary alicyclic amines) is 1. The summed E-state index contributed by atoms with van der Waals surface area (Å²) in [6.45, 7) is 2.80. The number of nitrogens with two attached hydrogens (primary N) is 1. The van der Waals surface area contributed by atoms with E-state index in [0.29, 0.717) is 6.54 Å². The van der Waals surface area contributed by atoms with Crippen molar-refractivity contribution in [3.8, 4) is 0 Å². The summed E-state index contributed by atoms with van der Waals surface area (Å²) in [5.41, 5.74) is 7.63. The predicted molar refractivity (Wildman–Crippen MR) is 129 cm³/mol. The molecule has 0 aliphatic carbocycles. The van der Waals surface area contributed by atoms with E-state index in [9.17, 15) is 19.2 Å². The first-order valence-corrected chi connectivity index (χ1v) is 11.0. The van der Waals surface area contributed by atoms with Crippen LogP contribution in [0.2, 0.25) is 0 Å². The molecule has 0 bridgehead atoms. The smallest absolute Gasteiger partial charge is 0.330 e. The number of rotatable bonds is 6. The number of aryl methyl sites for hydroxylation is 1. The fraction of sp³-hybridized carbons (Fsp3) is 0.280. The van der Waals surface area contributed by atoms with Crippen LogP contribution in [0.4, 0.5) is 11.5 Å². The van der Waals surface area contributed by atoms with Gasteiger partial charge in [-0.05, 0) is 18.1 Å². The normalized spacial score (nSPS) is 15.5. The first kappa shape index (κ1) is 23.0. The molecule has 2 amide bonds. The Morgan fingerprint density at radius 2 is 1.68 bits per heavy atom. The number of aromatic nitrogens is 2. The van der Waals surface area contributed by atoms with Crippen LogP contribution >= 0.6 is 0 Å². The number of aromatic amines is 1. The molecular weight excluding hydrogens is 434 g/mol. The number of carbonyl (C=O) groups is 2. The summed E-state index contributed by atoms with van der Waals surface area (Å²) >= 11 is 0. The number of amides is 2. The van der Waals surface area contributed by atoms with Crippen LogP contribution < -0.4 is 21.9 Å². The minimum atomic E-state index is -0.747. The summed E-state index contributed by atoms with van der Waals surface area (Å²) in [5.74, 6) is -1.24. The van der Waals surface area contributed by atoms with Crippen molar-refractivity contribution in [2.75, 3.05) is 24.2 Å². The quantitative estimate of drug-likeness (QED) is 0.576. The van der Waals surface area contributed by atoms with Gasteiger partial charge in [0.25, 0.3) is 5.56 Å². The third-order valence-corrected chi connectivity index (χ3v) is 6.12. The molecule has 0 saturated carbocycles. The van der Waals surface area contributed by atoms with Crippen LogP contribution in [0.25, 0.3) is 0 Å². The van der Waals surface area contributed by atoms with Gasteiger partial charge in [0.05, 0.1) is 12.5 Å². The molecule has 1 unspecified atom stereocenters. The lowest BCUT2D eigenvalue weighted by atomic mass is 10.1. The second kappa shape index (κ2) is 9.38. The molecule has 1 atom stereocenters. The van der Waals surface area contributed by atoms with E-state index in [-0.39, 0.29) is 36.9 Å². The monoisotopic (exact) mass is 461 g/mol. The average molecular weight is 462 g/mol. The van der Waals surface area contributed by atoms with Crippen LogP contribution in [0, 0.1) is 12.8 Å². The molecule has 2 heterocycles. The minimum absolute atomic E-state index is 0.0521. The fourth-order valence-electron chi connectivity index (χ4n) is 4.21. The molecule has 3 N–H and O–H groups in total. The number of carbonyl (C=O) groups excluding carboxylic acids is 2. The summed E-state index contributed by atoms with van der Waals surface area (Å²) < 4.78 is 1.22. The van der Waals surface area contributed by atoms with Crippen molar-refractivity contribution >= 4 is 23.3 Å². The van der Waals surface area contributed by atoms with E-state index in [1.165, 1.54) is 11.6 Å². The average Bonchev–Trinajstić information content (AvgIpc) is 3.18. The largest absolute Gasteiger partial charge is 0.383 e. The number of benzene rings is 2. The zero-order chi connectivity index (χ0) is 24.4. The van der Waals surface area contributed by atoms with Crippen molar-refractivity contribution in [2.45, 2.75) is 26.4 Å². The summed E-state index contributed by atoms with van der Waals surface area (Å²) in [6.07, 6.45) is 0.0521. The van der Waals surface area contributed by atoms with Gasteiger partial charge in [-0.1, -0.05) is 60.2 Å². The van der Waals surface area contributed by atoms with Gasteiger partial charge in [-0.25, -0.2) is 4.79 Å². The highest BCUT2D eigenvalue weighted by molar-refractivity contribution is 6.00. The number of anilines is 2. The summed E-state index contributed by atoms with van der Waals surface area (Å²) in [7, 11) is 1.44. The molecular formula is C25H27N5O4. The van der Waals surface area contributed by atoms with Gasteiger partial charge in [-0.3, -0.25) is 23.9 Å². The molecule has 1 saturated heterocycles. The zero-order valence-electron chi connectivity index (χ0n) is 19.2. The maximum absolute atomic E-state index is 13.2. The zero-order valence-corrected chi connectivity index (χ0v) is 19.2. The second-order valence-corrected chi connectivity index (χ2v) is 8.62. The van der Waals surface area contributed by atoms with Crippen molar-refractivity contribution in [2.24, 2.45) is 5.92 Å². The van der Waals surface area contributed by atoms with E-state index in [2.05, 4.69) is 4.98 Å². The van der Waals surface area contributed by atoms with E-state index in [4.69, 9.17) is 5.73 Å². The van der Waals surface area contributed by atoms with Gasteiger partial charge in [0, 0.05) is 26.6 Å². The summed E-state index contributed by atoms with van der Waals surface area (Å²) in [4.78, 5) is 55.9. The summed E-state index contributed by atoms with van der Waals surface area (Å²) in [5, 5.41) is 0. The van der Waals surface area contributed by atoms with Crippen molar-refractivity contribution in [1.82, 2.24) is 14.5 Å². The lowest BCUT2D eigenvalue weighted by Gasteiger charge is -2.23. The maximum Gasteiger partial charge on any atom is 0.330 e. The number of hydrogen-bond donors (Lipinski definition) is 2. The number of H-pyrrole nitrogens is 1. The van der Waals surface area contributed by atoms with Gasteiger partial charge in [-0.2, -0.15) is 0 Å². The van der Waals surface area contributed by atoms with Crippen LogP contribution in [0.5, 0.6) is 0 Å². The van der Waals surface area contributed by atoms with Crippen molar-refractivity contribution in [3.05, 3.63) is 92.1 Å². The van der Waals surface area contributed by atoms with E-state index in [1.54, 1.807) is 4.90 Å². The van der Waals surface area contributed by atoms with Crippen LogP contribution in [0.15, 0.2) is 64.2 Å². The van der Waals surface area contributed by atoms with Gasteiger partial charge >= 0.3 is 5.69 Å². The molecule has 0 spiro atoms. The van der Waals surface area contributed by atoms with E-state index < -0.39 is 23.1 Å². The second-order valence-electron chi connectivity index (χ2n) is 8.62. The Hall–Kier alpha value is -4.14. The van der Waals surface area contributed by atoms with Gasteiger partial charge in [0.15, 0.2) is 5.69 Å². The van der Waals surface area contributed by atoms with Crippen LogP contribution in [-0.4, -0.2) is 39.9 Å². The van der Waals surface area contributed by atoms with Crippen LogP contribution in [-0.2, 0) is 22.7 Å². The topological polar surface area (TPSA) is 122 Å². The fourth-order valence-corrected chi connectivity index (χ4v) is 4.21. The Kier molecular flexibility index (Phi) is 6.36. The molecule has 0 radical (unpaired) electrons. The molecule has 1 fully saturated rings. The lowest BCUT2D eigenvalue weighted by Crippen LogP contribution is -2.42. The molecule has 176 valence electrons. The Balaban J connectivity index is 1.55. The van der Waals surface area contributed by atoms with Crippen molar-refractivity contribution in [1.29, 1.82) is 0 Å². The number of nitrogen functional groups attached to an aromatic ring is 1. The Morgan fingerprint density at radius 3 is 2.35 bits per heavy atom. The maximum atomic E-state index is 13.2. The number of nitrogens with one attached hydrogen (secondary N) is 1. The van der Waals surface area contributed by atoms with Gasteiger partial charge in [0.2, 0.25) is 11.8 Å². The van der Waals surface area contributed by atoms with Crippen molar-refractivity contribution in [3.63, 3.8) is 0 Å². The first-order chi connectivity index (χ1) is 16.2. The van der Waals surface area contributed by atoms with E-state index in [0.717, 1.165) is 21.6 Å². The Labute approximate surface area is 196 Å². The molecule has 1 aliphatic heterocycles. The lowest BCUT2D eigenvalue weighted by molar-refractivity contribution is -0.128. The summed E-state index contributed by atoms with van der Waals surface area (Å²) in [6, 6.07) is 17.1. The van der Waals surface area contributed by atoms with E-state index in [1.807, 2.05) is 61.5 Å². The minimum Gasteiger partial charge on any atom is -0.383 e. The molecule has 9 nitrogen and oxygen atoms in total. The molecule has 1 aliphatic rings. The molecule has 9 heteroatoms. The van der Waals surface area contributed by atoms with Gasteiger partial charge < -0.3 is 15.5 Å². The molecule has 2 aromatic carbocycles. The predicted octanol–water partition coefficient (Wildman–Crippen LogP) is 1.49. The van der Waals surface area contributed by atoms with Gasteiger partial charge in [-0.15, -0.1) is 0 Å². The number of nitrogens with zero attached hydrogens (tertiary/aromatic N) is 3. The van der Waals surface area contributed by atoms with E-state index >= 15 is 0 Å². The highest BCUT2D eigenvalue weighted by atomic mass is 16.2. The standard InChI is InChI=1S/C25H27N5O4/c1-16-8-10-18(11-9-16)13-29-15-19(12-20(29)31)24(33)28(2)21-22(26)30(25(34)27-23(21)32)14-17-6-4-3-5-7-17/h3-11,19H,12-15,26H2,1-2H3,(H,27,32,34). The third kappa shape index (κ3) is 4.63. The number of hydrogen-bond acceptors (Lipinski definition) is 5. The molecule has 4 rings (SSSR count). The van der Waals surface area contributed by atoms with Crippen molar-refractivity contribution < 1.29 is 9.59 Å². The van der Waals surface area contributed by atoms with Gasteiger partial charge in [0.1, 0.15) is 5.82 Å². The molecule has 1 aromatic heterocycles. The third-order valence-electron chi connectivity index (χ3n) is 6.12. The SMILES string of the molecule is Cc1ccc(CN2CC(C(=O)N(C)c3c(N)n(Cc4ccccc4)c(=O)[nH]c3=O)CC2=O)cc1. The van der Waals surface area contributed by atoms with Crippen LogP contribution in [0.1, 0.15) is 23.1 Å². The molecule has 34 heavy (non-hydrogen) atoms. The Morgan fingerprint density at radius 1 is 1.03 bits per heavy atom. The highest BCUT2D eigenvalue weighted by Gasteiger charge is 2.37. The molecule has 3 aromatic rings. The van der Waals surface area contributed by atoms with Crippen LogP contribution in [0.3, 0.4) is 0 Å².